The van der Waals surface area contributed by atoms with Gasteiger partial charge in [-0.2, -0.15) is 0 Å². The summed E-state index contributed by atoms with van der Waals surface area (Å²) in [4.78, 5) is 26.7. The third kappa shape index (κ3) is 4.12. The van der Waals surface area contributed by atoms with Gasteiger partial charge in [0.1, 0.15) is 6.10 Å². The third-order valence-corrected chi connectivity index (χ3v) is 4.79. The van der Waals surface area contributed by atoms with Crippen molar-refractivity contribution in [3.63, 3.8) is 0 Å². The fraction of sp³-hybridized carbons (Fsp3) is 0.579. The molecule has 0 bridgehead atoms. The van der Waals surface area contributed by atoms with Gasteiger partial charge in [-0.05, 0) is 49.8 Å². The second kappa shape index (κ2) is 8.34. The molecular weight excluding hydrogens is 318 g/mol. The maximum atomic E-state index is 12.8. The lowest BCUT2D eigenvalue weighted by atomic mass is 9.98. The Morgan fingerprint density at radius 3 is 2.96 bits per heavy atom. The van der Waals surface area contributed by atoms with Gasteiger partial charge in [-0.25, -0.2) is 4.79 Å². The maximum Gasteiger partial charge on any atom is 0.319 e. The van der Waals surface area contributed by atoms with Crippen LogP contribution >= 0.6 is 0 Å². The largest absolute Gasteiger partial charge is 0.368 e. The van der Waals surface area contributed by atoms with E-state index in [2.05, 4.69) is 17.6 Å². The molecular formula is C19H27N3O3. The first-order valence-electron chi connectivity index (χ1n) is 9.30. The zero-order valence-corrected chi connectivity index (χ0v) is 14.8. The first-order valence-corrected chi connectivity index (χ1v) is 9.30. The Morgan fingerprint density at radius 2 is 2.20 bits per heavy atom. The van der Waals surface area contributed by atoms with Crippen molar-refractivity contribution in [1.29, 1.82) is 0 Å². The zero-order chi connectivity index (χ0) is 17.6. The first kappa shape index (κ1) is 17.7. The Hall–Kier alpha value is -2.08. The van der Waals surface area contributed by atoms with Gasteiger partial charge in [0.25, 0.3) is 5.91 Å². The fourth-order valence-electron chi connectivity index (χ4n) is 3.46. The standard InChI is InChI=1S/C19H27N3O3/c1-2-3-11-20-19(24)21-15-8-4-9-16-14(15)7-5-12-22(16)18(23)17-10-6-13-25-17/h4,8-9,17H,2-3,5-7,10-13H2,1H3,(H2,20,21,24). The van der Waals surface area contributed by atoms with Crippen molar-refractivity contribution in [3.8, 4) is 0 Å². The predicted octanol–water partition coefficient (Wildman–Crippen LogP) is 3.07. The minimum atomic E-state index is -0.320. The van der Waals surface area contributed by atoms with E-state index < -0.39 is 0 Å². The molecule has 1 aromatic carbocycles. The SMILES string of the molecule is CCCCNC(=O)Nc1cccc2c1CCCN2C(=O)C1CCCO1. The van der Waals surface area contributed by atoms with Crippen LogP contribution in [0, 0.1) is 0 Å². The topological polar surface area (TPSA) is 70.7 Å². The van der Waals surface area contributed by atoms with Crippen LogP contribution in [0.25, 0.3) is 0 Å². The summed E-state index contributed by atoms with van der Waals surface area (Å²) in [5, 5.41) is 5.81. The Bertz CT molecular complexity index is 626. The fourth-order valence-corrected chi connectivity index (χ4v) is 3.46. The molecule has 6 nitrogen and oxygen atoms in total. The Morgan fingerprint density at radius 1 is 1.32 bits per heavy atom. The van der Waals surface area contributed by atoms with E-state index >= 15 is 0 Å². The number of urea groups is 1. The highest BCUT2D eigenvalue weighted by molar-refractivity contribution is 5.99. The molecule has 0 aliphatic carbocycles. The molecule has 0 spiro atoms. The average Bonchev–Trinajstić information content (AvgIpc) is 3.16. The van der Waals surface area contributed by atoms with E-state index in [9.17, 15) is 9.59 Å². The van der Waals surface area contributed by atoms with E-state index in [0.29, 0.717) is 19.7 Å². The molecule has 3 amide bonds. The number of ether oxygens (including phenoxy) is 1. The van der Waals surface area contributed by atoms with E-state index in [1.165, 1.54) is 0 Å². The number of carbonyl (C=O) groups is 2. The van der Waals surface area contributed by atoms with Crippen molar-refractivity contribution in [2.45, 2.75) is 51.6 Å². The highest BCUT2D eigenvalue weighted by atomic mass is 16.5. The molecule has 0 radical (unpaired) electrons. The van der Waals surface area contributed by atoms with Crippen LogP contribution in [0.15, 0.2) is 18.2 Å². The second-order valence-electron chi connectivity index (χ2n) is 6.63. The number of amides is 3. The summed E-state index contributed by atoms with van der Waals surface area (Å²) in [6, 6.07) is 5.56. The molecule has 0 aromatic heterocycles. The van der Waals surface area contributed by atoms with Crippen molar-refractivity contribution in [3.05, 3.63) is 23.8 Å². The van der Waals surface area contributed by atoms with Crippen LogP contribution in [0.4, 0.5) is 16.2 Å². The molecule has 2 heterocycles. The van der Waals surface area contributed by atoms with E-state index in [-0.39, 0.29) is 18.0 Å². The summed E-state index contributed by atoms with van der Waals surface area (Å²) in [5.74, 6) is 0.0444. The van der Waals surface area contributed by atoms with Gasteiger partial charge in [0.2, 0.25) is 0 Å². The summed E-state index contributed by atoms with van der Waals surface area (Å²) in [7, 11) is 0. The number of nitrogens with zero attached hydrogens (tertiary/aromatic N) is 1. The van der Waals surface area contributed by atoms with Crippen LogP contribution in [0.3, 0.4) is 0 Å². The highest BCUT2D eigenvalue weighted by Crippen LogP contribution is 2.34. The Balaban J connectivity index is 1.74. The molecule has 136 valence electrons. The molecule has 0 saturated carbocycles. The monoisotopic (exact) mass is 345 g/mol. The maximum absolute atomic E-state index is 12.8. The number of anilines is 2. The summed E-state index contributed by atoms with van der Waals surface area (Å²) in [5.41, 5.74) is 2.72. The normalized spacial score (nSPS) is 19.4. The van der Waals surface area contributed by atoms with Crippen LogP contribution in [-0.2, 0) is 16.0 Å². The van der Waals surface area contributed by atoms with Gasteiger partial charge in [-0.15, -0.1) is 0 Å². The quantitative estimate of drug-likeness (QED) is 0.806. The van der Waals surface area contributed by atoms with Gasteiger partial charge in [0.05, 0.1) is 0 Å². The van der Waals surface area contributed by atoms with E-state index in [1.54, 1.807) is 0 Å². The molecule has 3 rings (SSSR count). The van der Waals surface area contributed by atoms with Crippen molar-refractivity contribution in [2.24, 2.45) is 0 Å². The van der Waals surface area contributed by atoms with Crippen LogP contribution in [-0.4, -0.2) is 37.7 Å². The highest BCUT2D eigenvalue weighted by Gasteiger charge is 2.32. The molecule has 1 saturated heterocycles. The van der Waals surface area contributed by atoms with Gasteiger partial charge in [-0.1, -0.05) is 19.4 Å². The number of hydrogen-bond donors (Lipinski definition) is 2. The van der Waals surface area contributed by atoms with Crippen molar-refractivity contribution in [2.75, 3.05) is 29.9 Å². The number of carbonyl (C=O) groups excluding carboxylic acids is 2. The average molecular weight is 345 g/mol. The molecule has 1 fully saturated rings. The van der Waals surface area contributed by atoms with Crippen LogP contribution < -0.4 is 15.5 Å². The number of rotatable bonds is 5. The third-order valence-electron chi connectivity index (χ3n) is 4.79. The molecule has 1 unspecified atom stereocenters. The van der Waals surface area contributed by atoms with Gasteiger partial charge in [0.15, 0.2) is 0 Å². The van der Waals surface area contributed by atoms with Crippen LogP contribution in [0.5, 0.6) is 0 Å². The zero-order valence-electron chi connectivity index (χ0n) is 14.8. The second-order valence-corrected chi connectivity index (χ2v) is 6.63. The molecule has 2 N–H and O–H groups in total. The Labute approximate surface area is 148 Å². The first-order chi connectivity index (χ1) is 12.2. The van der Waals surface area contributed by atoms with Crippen molar-refractivity contribution >= 4 is 23.3 Å². The summed E-state index contributed by atoms with van der Waals surface area (Å²) in [6.07, 6.45) is 5.17. The number of hydrogen-bond acceptors (Lipinski definition) is 3. The molecule has 2 aliphatic rings. The van der Waals surface area contributed by atoms with Crippen LogP contribution in [0.1, 0.15) is 44.6 Å². The Kier molecular flexibility index (Phi) is 5.91. The van der Waals surface area contributed by atoms with Crippen molar-refractivity contribution < 1.29 is 14.3 Å². The number of unbranched alkanes of at least 4 members (excludes halogenated alkanes) is 1. The van der Waals surface area contributed by atoms with Gasteiger partial charge in [0, 0.05) is 31.1 Å². The number of fused-ring (bicyclic) bond motifs is 1. The number of benzene rings is 1. The molecule has 1 atom stereocenters. The van der Waals surface area contributed by atoms with Gasteiger partial charge >= 0.3 is 6.03 Å². The summed E-state index contributed by atoms with van der Waals surface area (Å²) < 4.78 is 5.56. The summed E-state index contributed by atoms with van der Waals surface area (Å²) in [6.45, 7) is 4.13. The van der Waals surface area contributed by atoms with Gasteiger partial charge < -0.3 is 20.3 Å². The summed E-state index contributed by atoms with van der Waals surface area (Å²) >= 11 is 0. The molecule has 2 aliphatic heterocycles. The molecule has 1 aromatic rings. The van der Waals surface area contributed by atoms with Gasteiger partial charge in [-0.3, -0.25) is 4.79 Å². The van der Waals surface area contributed by atoms with E-state index in [1.807, 2.05) is 23.1 Å². The van der Waals surface area contributed by atoms with E-state index in [0.717, 1.165) is 55.5 Å². The number of nitrogens with one attached hydrogen (secondary N) is 2. The minimum absolute atomic E-state index is 0.0444. The molecule has 25 heavy (non-hydrogen) atoms. The predicted molar refractivity (Wildman–Crippen MR) is 98.0 cm³/mol. The molecule has 6 heteroatoms. The van der Waals surface area contributed by atoms with E-state index in [4.69, 9.17) is 4.74 Å². The van der Waals surface area contributed by atoms with Crippen LogP contribution in [0.2, 0.25) is 0 Å². The van der Waals surface area contributed by atoms with Crippen molar-refractivity contribution in [1.82, 2.24) is 5.32 Å². The lowest BCUT2D eigenvalue weighted by Gasteiger charge is -2.32. The lowest BCUT2D eigenvalue weighted by Crippen LogP contribution is -2.42. The lowest BCUT2D eigenvalue weighted by molar-refractivity contribution is -0.127. The minimum Gasteiger partial charge on any atom is -0.368 e. The smallest absolute Gasteiger partial charge is 0.319 e.